The van der Waals surface area contributed by atoms with Gasteiger partial charge in [0.25, 0.3) is 6.43 Å². The molecule has 0 aliphatic carbocycles. The molecule has 0 bridgehead atoms. The summed E-state index contributed by atoms with van der Waals surface area (Å²) in [5.74, 6) is -1.56. The highest BCUT2D eigenvalue weighted by Crippen LogP contribution is 2.39. The summed E-state index contributed by atoms with van der Waals surface area (Å²) in [7, 11) is 0. The van der Waals surface area contributed by atoms with Crippen LogP contribution in [0.5, 0.6) is 0 Å². The summed E-state index contributed by atoms with van der Waals surface area (Å²) in [5, 5.41) is 8.67. The number of fused-ring (bicyclic) bond motifs is 1. The van der Waals surface area contributed by atoms with Gasteiger partial charge in [0.2, 0.25) is 5.91 Å². The third-order valence-electron chi connectivity index (χ3n) is 2.68. The molecule has 2 heterocycles. The van der Waals surface area contributed by atoms with E-state index in [1.807, 2.05) is 0 Å². The van der Waals surface area contributed by atoms with Crippen LogP contribution in [0.15, 0.2) is 23.4 Å². The van der Waals surface area contributed by atoms with Crippen LogP contribution in [0.1, 0.15) is 0 Å². The SMILES string of the molecule is N[C@@H]1C(=O)N2C(C(=O)O)=C(/C=C\C(F)F)CS[C@H]12. The van der Waals surface area contributed by atoms with Crippen LogP contribution < -0.4 is 5.73 Å². The van der Waals surface area contributed by atoms with Gasteiger partial charge in [-0.05, 0) is 11.6 Å². The molecule has 0 radical (unpaired) electrons. The Morgan fingerprint density at radius 1 is 1.61 bits per heavy atom. The minimum Gasteiger partial charge on any atom is -0.477 e. The average molecular weight is 276 g/mol. The first-order valence-electron chi connectivity index (χ1n) is 5.06. The Labute approximate surface area is 105 Å². The number of nitrogens with two attached hydrogens (primary N) is 1. The van der Waals surface area contributed by atoms with Crippen LogP contribution in [0, 0.1) is 0 Å². The molecule has 18 heavy (non-hydrogen) atoms. The molecule has 1 amide bonds. The zero-order valence-electron chi connectivity index (χ0n) is 9.05. The van der Waals surface area contributed by atoms with Gasteiger partial charge < -0.3 is 10.8 Å². The molecule has 0 saturated carbocycles. The van der Waals surface area contributed by atoms with Crippen LogP contribution in [0.2, 0.25) is 0 Å². The van der Waals surface area contributed by atoms with Gasteiger partial charge in [-0.15, -0.1) is 11.8 Å². The summed E-state index contributed by atoms with van der Waals surface area (Å²) in [6.45, 7) is 0. The molecule has 3 N–H and O–H groups in total. The van der Waals surface area contributed by atoms with Crippen LogP contribution in [0.3, 0.4) is 0 Å². The molecule has 2 aliphatic rings. The maximum Gasteiger partial charge on any atom is 0.352 e. The molecule has 0 unspecified atom stereocenters. The lowest BCUT2D eigenvalue weighted by Crippen LogP contribution is -2.68. The molecule has 5 nitrogen and oxygen atoms in total. The first kappa shape index (κ1) is 13.0. The van der Waals surface area contributed by atoms with E-state index in [1.54, 1.807) is 0 Å². The van der Waals surface area contributed by atoms with Gasteiger partial charge in [0, 0.05) is 5.75 Å². The van der Waals surface area contributed by atoms with Crippen molar-refractivity contribution in [3.8, 4) is 0 Å². The first-order chi connectivity index (χ1) is 8.43. The van der Waals surface area contributed by atoms with Gasteiger partial charge in [-0.2, -0.15) is 0 Å². The Balaban J connectivity index is 2.35. The molecule has 0 aromatic carbocycles. The number of hydrogen-bond donors (Lipinski definition) is 2. The molecule has 0 aromatic rings. The molecule has 8 heteroatoms. The van der Waals surface area contributed by atoms with E-state index < -0.39 is 29.7 Å². The zero-order chi connectivity index (χ0) is 13.4. The summed E-state index contributed by atoms with van der Waals surface area (Å²) in [4.78, 5) is 23.7. The largest absolute Gasteiger partial charge is 0.477 e. The van der Waals surface area contributed by atoms with E-state index in [4.69, 9.17) is 10.8 Å². The molecule has 2 rings (SSSR count). The molecule has 0 aromatic heterocycles. The number of amides is 1. The standard InChI is InChI=1S/C10H10F2N2O3S/c11-5(12)2-1-4-3-18-9-6(13)8(15)14(9)7(4)10(16)17/h1-2,5-6,9H,3,13H2,(H,16,17)/b2-1-/t6-,9-/m1/s1. The van der Waals surface area contributed by atoms with E-state index in [9.17, 15) is 18.4 Å². The number of β-lactam (4-membered cyclic amide) rings is 1. The smallest absolute Gasteiger partial charge is 0.352 e. The number of aliphatic carboxylic acids is 1. The molecule has 1 fully saturated rings. The monoisotopic (exact) mass is 276 g/mol. The fourth-order valence-electron chi connectivity index (χ4n) is 1.86. The van der Waals surface area contributed by atoms with Crippen LogP contribution in [-0.4, -0.2) is 45.5 Å². The van der Waals surface area contributed by atoms with Crippen molar-refractivity contribution in [1.29, 1.82) is 0 Å². The number of thioether (sulfide) groups is 1. The number of carbonyl (C=O) groups excluding carboxylic acids is 1. The zero-order valence-corrected chi connectivity index (χ0v) is 9.86. The highest BCUT2D eigenvalue weighted by Gasteiger charge is 2.51. The normalized spacial score (nSPS) is 27.8. The summed E-state index contributed by atoms with van der Waals surface area (Å²) in [6.07, 6.45) is -1.01. The second-order valence-corrected chi connectivity index (χ2v) is 4.91. The number of carbonyl (C=O) groups is 2. The van der Waals surface area contributed by atoms with Crippen LogP contribution in [0.4, 0.5) is 8.78 Å². The second-order valence-electron chi connectivity index (χ2n) is 3.81. The van der Waals surface area contributed by atoms with Crippen LogP contribution >= 0.6 is 11.8 Å². The van der Waals surface area contributed by atoms with Gasteiger partial charge in [0.15, 0.2) is 0 Å². The third-order valence-corrected chi connectivity index (χ3v) is 4.01. The Kier molecular flexibility index (Phi) is 3.40. The van der Waals surface area contributed by atoms with E-state index in [-0.39, 0.29) is 17.0 Å². The fourth-order valence-corrected chi connectivity index (χ4v) is 3.12. The molecular weight excluding hydrogens is 266 g/mol. The maximum atomic E-state index is 12.1. The Morgan fingerprint density at radius 3 is 2.83 bits per heavy atom. The summed E-state index contributed by atoms with van der Waals surface area (Å²) >= 11 is 1.27. The molecule has 0 spiro atoms. The maximum absolute atomic E-state index is 12.1. The van der Waals surface area contributed by atoms with E-state index in [1.165, 1.54) is 11.8 Å². The number of carboxylic acid groups (broad SMARTS) is 1. The van der Waals surface area contributed by atoms with Crippen molar-refractivity contribution >= 4 is 23.6 Å². The predicted octanol–water partition coefficient (Wildman–Crippen LogP) is 0.389. The molecule has 1 saturated heterocycles. The Hall–Kier alpha value is -1.41. The highest BCUT2D eigenvalue weighted by atomic mass is 32.2. The lowest BCUT2D eigenvalue weighted by molar-refractivity contribution is -0.147. The summed E-state index contributed by atoms with van der Waals surface area (Å²) < 4.78 is 24.2. The van der Waals surface area contributed by atoms with Crippen molar-refractivity contribution in [3.63, 3.8) is 0 Å². The minimum atomic E-state index is -2.66. The number of allylic oxidation sites excluding steroid dienone is 2. The van der Waals surface area contributed by atoms with Crippen molar-refractivity contribution in [2.45, 2.75) is 17.8 Å². The quantitative estimate of drug-likeness (QED) is 0.728. The van der Waals surface area contributed by atoms with Crippen molar-refractivity contribution in [2.75, 3.05) is 5.75 Å². The fraction of sp³-hybridized carbons (Fsp3) is 0.400. The van der Waals surface area contributed by atoms with E-state index in [2.05, 4.69) is 0 Å². The lowest BCUT2D eigenvalue weighted by atomic mass is 10.0. The summed E-state index contributed by atoms with van der Waals surface area (Å²) in [6, 6.07) is -0.718. The average Bonchev–Trinajstić information content (AvgIpc) is 2.33. The van der Waals surface area contributed by atoms with Gasteiger partial charge in [0.05, 0.1) is 0 Å². The topological polar surface area (TPSA) is 83.6 Å². The molecular formula is C10H10F2N2O3S. The minimum absolute atomic E-state index is 0.198. The van der Waals surface area contributed by atoms with E-state index in [0.717, 1.165) is 11.0 Å². The van der Waals surface area contributed by atoms with Crippen molar-refractivity contribution < 1.29 is 23.5 Å². The number of hydrogen-bond acceptors (Lipinski definition) is 4. The van der Waals surface area contributed by atoms with E-state index >= 15 is 0 Å². The second kappa shape index (κ2) is 4.69. The summed E-state index contributed by atoms with van der Waals surface area (Å²) in [5.41, 5.74) is 5.49. The highest BCUT2D eigenvalue weighted by molar-refractivity contribution is 8.00. The van der Waals surface area contributed by atoms with Gasteiger partial charge in [-0.1, -0.05) is 6.08 Å². The number of alkyl halides is 2. The Morgan fingerprint density at radius 2 is 2.28 bits per heavy atom. The molecule has 2 aliphatic heterocycles. The predicted molar refractivity (Wildman–Crippen MR) is 60.9 cm³/mol. The van der Waals surface area contributed by atoms with Gasteiger partial charge in [-0.25, -0.2) is 13.6 Å². The number of halogens is 2. The van der Waals surface area contributed by atoms with E-state index in [0.29, 0.717) is 6.08 Å². The lowest BCUT2D eigenvalue weighted by Gasteiger charge is -2.47. The van der Waals surface area contributed by atoms with Gasteiger partial charge in [-0.3, -0.25) is 9.69 Å². The van der Waals surface area contributed by atoms with Crippen molar-refractivity contribution in [2.24, 2.45) is 5.73 Å². The molecule has 2 atom stereocenters. The molecule has 98 valence electrons. The number of rotatable bonds is 3. The van der Waals surface area contributed by atoms with Gasteiger partial charge >= 0.3 is 5.97 Å². The van der Waals surface area contributed by atoms with Crippen LogP contribution in [0.25, 0.3) is 0 Å². The van der Waals surface area contributed by atoms with Crippen molar-refractivity contribution in [3.05, 3.63) is 23.4 Å². The Bertz CT molecular complexity index is 464. The van der Waals surface area contributed by atoms with Crippen LogP contribution in [-0.2, 0) is 9.59 Å². The number of nitrogens with zero attached hydrogens (tertiary/aromatic N) is 1. The number of carboxylic acids is 1. The first-order valence-corrected chi connectivity index (χ1v) is 6.11. The van der Waals surface area contributed by atoms with Gasteiger partial charge in [0.1, 0.15) is 17.1 Å². The third kappa shape index (κ3) is 2.01. The van der Waals surface area contributed by atoms with Crippen molar-refractivity contribution in [1.82, 2.24) is 4.90 Å².